The Kier molecular flexibility index (Phi) is 4.44. The summed E-state index contributed by atoms with van der Waals surface area (Å²) < 4.78 is 14.6. The molecule has 1 aliphatic carbocycles. The van der Waals surface area contributed by atoms with Crippen molar-refractivity contribution in [1.82, 2.24) is 0 Å². The largest absolute Gasteiger partial charge is 0.790 e. The van der Waals surface area contributed by atoms with Crippen molar-refractivity contribution in [3.63, 3.8) is 0 Å². The molecule has 1 aliphatic rings. The molecule has 0 aromatic rings. The van der Waals surface area contributed by atoms with Crippen LogP contribution in [0.15, 0.2) is 0 Å². The van der Waals surface area contributed by atoms with Crippen LogP contribution in [0.5, 0.6) is 0 Å². The maximum absolute atomic E-state index is 10.4. The van der Waals surface area contributed by atoms with Gasteiger partial charge in [0, 0.05) is 12.5 Å². The molecule has 0 radical (unpaired) electrons. The Balaban J connectivity index is 2.75. The normalized spacial score (nSPS) is 41.0. The van der Waals surface area contributed by atoms with Crippen molar-refractivity contribution in [2.75, 3.05) is 6.61 Å². The molecule has 1 rings (SSSR count). The zero-order valence-electron chi connectivity index (χ0n) is 8.30. The molecule has 1 fully saturated rings. The van der Waals surface area contributed by atoms with Crippen LogP contribution in [0.25, 0.3) is 0 Å². The SMILES string of the molecule is NC1[C@@H](O)[C@@H](O)C(CO)C[C@H]1OP(=O)([O-])[O-]. The molecule has 96 valence electrons. The van der Waals surface area contributed by atoms with Gasteiger partial charge in [0.2, 0.25) is 0 Å². The van der Waals surface area contributed by atoms with Crippen molar-refractivity contribution >= 4 is 7.82 Å². The molecule has 9 heteroatoms. The van der Waals surface area contributed by atoms with Gasteiger partial charge >= 0.3 is 0 Å². The van der Waals surface area contributed by atoms with Crippen LogP contribution in [0.3, 0.4) is 0 Å². The highest BCUT2D eigenvalue weighted by molar-refractivity contribution is 7.43. The molecule has 5 N–H and O–H groups in total. The van der Waals surface area contributed by atoms with Crippen molar-refractivity contribution in [3.8, 4) is 0 Å². The molecule has 16 heavy (non-hydrogen) atoms. The lowest BCUT2D eigenvalue weighted by molar-refractivity contribution is -0.347. The maximum Gasteiger partial charge on any atom is 0.0978 e. The minimum Gasteiger partial charge on any atom is -0.790 e. The zero-order chi connectivity index (χ0) is 12.5. The van der Waals surface area contributed by atoms with E-state index < -0.39 is 44.7 Å². The number of phosphoric acid groups is 1. The summed E-state index contributed by atoms with van der Waals surface area (Å²) in [5.41, 5.74) is 5.42. The highest BCUT2D eigenvalue weighted by Crippen LogP contribution is 2.35. The summed E-state index contributed by atoms with van der Waals surface area (Å²) in [6.45, 7) is -0.465. The van der Waals surface area contributed by atoms with Gasteiger partial charge in [0.15, 0.2) is 0 Å². The van der Waals surface area contributed by atoms with Gasteiger partial charge in [-0.1, -0.05) is 0 Å². The lowest BCUT2D eigenvalue weighted by Gasteiger charge is -2.44. The zero-order valence-corrected chi connectivity index (χ0v) is 9.19. The Hall–Kier alpha value is -0.0500. The lowest BCUT2D eigenvalue weighted by Crippen LogP contribution is -2.59. The topological polar surface area (TPSA) is 159 Å². The maximum atomic E-state index is 10.4. The Labute approximate surface area is 91.9 Å². The van der Waals surface area contributed by atoms with Crippen molar-refractivity contribution in [2.24, 2.45) is 11.7 Å². The van der Waals surface area contributed by atoms with E-state index in [0.717, 1.165) is 0 Å². The fourth-order valence-electron chi connectivity index (χ4n) is 1.78. The van der Waals surface area contributed by atoms with Crippen molar-refractivity contribution < 1.29 is 34.2 Å². The van der Waals surface area contributed by atoms with Gasteiger partial charge in [-0.15, -0.1) is 0 Å². The van der Waals surface area contributed by atoms with Crippen LogP contribution in [0.1, 0.15) is 6.42 Å². The molecule has 0 saturated heterocycles. The predicted molar refractivity (Wildman–Crippen MR) is 47.7 cm³/mol. The summed E-state index contributed by atoms with van der Waals surface area (Å²) in [5, 5.41) is 27.8. The van der Waals surface area contributed by atoms with Gasteiger partial charge in [-0.05, 0) is 6.42 Å². The molecule has 0 bridgehead atoms. The fraction of sp³-hybridized carbons (Fsp3) is 1.00. The molecule has 2 unspecified atom stereocenters. The molecule has 5 atom stereocenters. The lowest BCUT2D eigenvalue weighted by atomic mass is 9.80. The first-order valence-corrected chi connectivity index (χ1v) is 6.15. The molecular weight excluding hydrogens is 241 g/mol. The standard InChI is InChI=1S/C7H16NO7P/c8-5-4(15-16(12,13)14)1-3(2-9)6(10)7(5)11/h3-7,9-11H,1-2,8H2,(H2,12,13,14)/p-2/t3?,4-,5?,6+,7-/m1/s1. The highest BCUT2D eigenvalue weighted by Gasteiger charge is 2.42. The second-order valence-electron chi connectivity index (χ2n) is 3.83. The van der Waals surface area contributed by atoms with E-state index in [2.05, 4.69) is 4.52 Å². The number of phosphoric ester groups is 1. The summed E-state index contributed by atoms with van der Waals surface area (Å²) in [6, 6.07) is -1.19. The van der Waals surface area contributed by atoms with Gasteiger partial charge in [0.05, 0.1) is 32.2 Å². The van der Waals surface area contributed by atoms with Gasteiger partial charge in [0.25, 0.3) is 0 Å². The van der Waals surface area contributed by atoms with E-state index in [1.165, 1.54) is 0 Å². The average Bonchev–Trinajstić information content (AvgIpc) is 2.17. The Morgan fingerprint density at radius 1 is 1.38 bits per heavy atom. The van der Waals surface area contributed by atoms with Crippen LogP contribution in [0.4, 0.5) is 0 Å². The van der Waals surface area contributed by atoms with E-state index in [1.807, 2.05) is 0 Å². The van der Waals surface area contributed by atoms with E-state index >= 15 is 0 Å². The third-order valence-electron chi connectivity index (χ3n) is 2.69. The fourth-order valence-corrected chi connectivity index (χ4v) is 2.34. The van der Waals surface area contributed by atoms with Crippen molar-refractivity contribution in [1.29, 1.82) is 0 Å². The number of nitrogens with two attached hydrogens (primary N) is 1. The smallest absolute Gasteiger partial charge is 0.0978 e. The van der Waals surface area contributed by atoms with Crippen molar-refractivity contribution in [3.05, 3.63) is 0 Å². The molecule has 0 amide bonds. The molecule has 0 spiro atoms. The molecule has 0 aromatic heterocycles. The second-order valence-corrected chi connectivity index (χ2v) is 4.93. The minimum atomic E-state index is -5.21. The number of hydrogen-bond donors (Lipinski definition) is 4. The second kappa shape index (κ2) is 5.07. The van der Waals surface area contributed by atoms with E-state index in [-0.39, 0.29) is 6.42 Å². The van der Waals surface area contributed by atoms with E-state index in [0.29, 0.717) is 0 Å². The van der Waals surface area contributed by atoms with E-state index in [4.69, 9.17) is 10.8 Å². The quantitative estimate of drug-likeness (QED) is 0.374. The molecule has 1 saturated carbocycles. The first-order valence-electron chi connectivity index (χ1n) is 4.69. The number of aliphatic hydroxyl groups excluding tert-OH is 3. The van der Waals surface area contributed by atoms with Crippen molar-refractivity contribution in [2.45, 2.75) is 30.8 Å². The van der Waals surface area contributed by atoms with Gasteiger partial charge in [0.1, 0.15) is 0 Å². The Morgan fingerprint density at radius 2 is 1.94 bits per heavy atom. The summed E-state index contributed by atoms with van der Waals surface area (Å²) in [7, 11) is -5.21. The van der Waals surface area contributed by atoms with Crippen LogP contribution < -0.4 is 15.5 Å². The molecule has 0 aliphatic heterocycles. The van der Waals surface area contributed by atoms with Gasteiger partial charge in [-0.25, -0.2) is 0 Å². The Bertz CT molecular complexity index is 280. The number of rotatable bonds is 3. The summed E-state index contributed by atoms with van der Waals surface area (Å²) in [5.74, 6) is -0.772. The van der Waals surface area contributed by atoms with E-state index in [9.17, 15) is 24.6 Å². The van der Waals surface area contributed by atoms with Crippen LogP contribution in [-0.4, -0.2) is 46.3 Å². The molecule has 0 aromatic carbocycles. The number of aliphatic hydroxyl groups is 3. The Morgan fingerprint density at radius 3 is 2.38 bits per heavy atom. The van der Waals surface area contributed by atoms with Gasteiger partial charge in [-0.3, -0.25) is 0 Å². The first kappa shape index (κ1) is 14.0. The van der Waals surface area contributed by atoms with Gasteiger partial charge < -0.3 is 39.9 Å². The molecule has 8 nitrogen and oxygen atoms in total. The monoisotopic (exact) mass is 255 g/mol. The van der Waals surface area contributed by atoms with Gasteiger partial charge in [-0.2, -0.15) is 0 Å². The predicted octanol–water partition coefficient (Wildman–Crippen LogP) is -3.74. The van der Waals surface area contributed by atoms with Crippen LogP contribution in [0, 0.1) is 5.92 Å². The third-order valence-corrected chi connectivity index (χ3v) is 3.22. The van der Waals surface area contributed by atoms with Crippen LogP contribution in [-0.2, 0) is 9.09 Å². The minimum absolute atomic E-state index is 0.107. The summed E-state index contributed by atoms with van der Waals surface area (Å²) in [6.07, 6.45) is -4.04. The third kappa shape index (κ3) is 3.22. The first-order chi connectivity index (χ1) is 7.26. The highest BCUT2D eigenvalue weighted by atomic mass is 31.2. The van der Waals surface area contributed by atoms with Crippen LogP contribution >= 0.6 is 7.82 Å². The summed E-state index contributed by atoms with van der Waals surface area (Å²) >= 11 is 0. The van der Waals surface area contributed by atoms with E-state index in [1.54, 1.807) is 0 Å². The average molecular weight is 255 g/mol. The summed E-state index contributed by atoms with van der Waals surface area (Å²) in [4.78, 5) is 20.8. The van der Waals surface area contributed by atoms with Crippen LogP contribution in [0.2, 0.25) is 0 Å². The number of hydrogen-bond acceptors (Lipinski definition) is 8. The molecule has 0 heterocycles. The molecular formula is C7H14NO7P-2.